The summed E-state index contributed by atoms with van der Waals surface area (Å²) >= 11 is 0. The van der Waals surface area contributed by atoms with E-state index in [9.17, 15) is 86.0 Å². The number of aromatic nitrogens is 3. The minimum absolute atomic E-state index is 0.0520. The molecule has 2 aromatic heterocycles. The Bertz CT molecular complexity index is 3830. The summed E-state index contributed by atoms with van der Waals surface area (Å²) in [6.07, 6.45) is -1.86. The van der Waals surface area contributed by atoms with Crippen LogP contribution in [0.3, 0.4) is 0 Å². The monoisotopic (exact) mass is 1520 g/mol. The van der Waals surface area contributed by atoms with Crippen molar-refractivity contribution in [3.05, 3.63) is 120 Å². The summed E-state index contributed by atoms with van der Waals surface area (Å²) in [5.74, 6) is -16.8. The van der Waals surface area contributed by atoms with Gasteiger partial charge in [0, 0.05) is 66.2 Å². The molecule has 1 fully saturated rings. The molecule has 5 aromatic rings. The van der Waals surface area contributed by atoms with Crippen molar-refractivity contribution in [3.63, 3.8) is 0 Å². The summed E-state index contributed by atoms with van der Waals surface area (Å²) < 4.78 is 31.7. The first-order chi connectivity index (χ1) is 50.0. The number of rotatable bonds is 30. The normalized spacial score (nSPS) is 19.2. The van der Waals surface area contributed by atoms with Crippen LogP contribution in [-0.2, 0) is 88.0 Å². The number of alkyl halides is 3. The zero-order valence-corrected chi connectivity index (χ0v) is 61.2. The lowest BCUT2D eigenvalue weighted by atomic mass is 9.94. The molecule has 0 radical (unpaired) electrons. The number of nitrogens with one attached hydrogen (secondary N) is 12. The van der Waals surface area contributed by atoms with Gasteiger partial charge in [-0.3, -0.25) is 52.7 Å². The maximum atomic E-state index is 14.9. The quantitative estimate of drug-likeness (QED) is 0.0294. The van der Waals surface area contributed by atoms with Crippen molar-refractivity contribution in [2.75, 3.05) is 11.5 Å². The summed E-state index contributed by atoms with van der Waals surface area (Å²) in [7, 11) is 2.11. The Morgan fingerprint density at radius 3 is 1.67 bits per heavy atom. The molecule has 0 spiro atoms. The number of carbonyl (C=O) groups is 13. The van der Waals surface area contributed by atoms with Gasteiger partial charge < -0.3 is 89.3 Å². The lowest BCUT2D eigenvalue weighted by Gasteiger charge is -2.31. The predicted octanol–water partition coefficient (Wildman–Crippen LogP) is 2.42. The molecule has 2 unspecified atom stereocenters. The number of nitrogens with zero attached hydrogens (tertiary/aromatic N) is 1. The number of carbonyl (C=O) groups excluding carboxylic acids is 10. The summed E-state index contributed by atoms with van der Waals surface area (Å²) in [6, 6.07) is 6.02. The largest absolute Gasteiger partial charge is 0.508 e. The van der Waals surface area contributed by atoms with Crippen LogP contribution in [0.4, 0.5) is 13.2 Å². The number of hydrogen-bond acceptors (Lipinski definition) is 18. The van der Waals surface area contributed by atoms with Crippen LogP contribution in [0.2, 0.25) is 0 Å². The number of imidazole rings is 1. The molecule has 0 saturated carbocycles. The molecule has 1 aliphatic rings. The number of halogens is 3. The van der Waals surface area contributed by atoms with Crippen molar-refractivity contribution in [3.8, 4) is 5.75 Å². The first-order valence-electron chi connectivity index (χ1n) is 34.1. The second kappa shape index (κ2) is 41.5. The number of H-pyrrole nitrogens is 2. The van der Waals surface area contributed by atoms with Crippen molar-refractivity contribution in [2.45, 2.75) is 179 Å². The third-order valence-corrected chi connectivity index (χ3v) is 19.7. The fraction of sp³-hybridized carbons (Fsp3) is 0.486. The van der Waals surface area contributed by atoms with E-state index in [1.807, 2.05) is 18.2 Å². The average molecular weight is 1520 g/mol. The smallest absolute Gasteiger partial charge is 0.490 e. The Labute approximate surface area is 616 Å². The molecule has 0 aliphatic carbocycles. The maximum Gasteiger partial charge on any atom is 0.490 e. The lowest BCUT2D eigenvalue weighted by Crippen LogP contribution is -2.62. The van der Waals surface area contributed by atoms with Crippen molar-refractivity contribution >= 4 is 109 Å². The molecule has 18 N–H and O–H groups in total. The number of carboxylic acids is 3. The van der Waals surface area contributed by atoms with Gasteiger partial charge in [-0.05, 0) is 65.0 Å². The first-order valence-corrected chi connectivity index (χ1v) is 36.6. The molecule has 3 aromatic carbocycles. The minimum atomic E-state index is -5.08. The molecule has 578 valence electrons. The van der Waals surface area contributed by atoms with Gasteiger partial charge in [0.05, 0.1) is 18.8 Å². The molecular formula is C70H93F3N14O17S2. The van der Waals surface area contributed by atoms with Crippen LogP contribution in [-0.4, -0.2) is 197 Å². The molecule has 1 saturated heterocycles. The number of aromatic amines is 2. The number of fused-ring (bicyclic) bond motifs is 1. The Morgan fingerprint density at radius 2 is 1.11 bits per heavy atom. The van der Waals surface area contributed by atoms with E-state index in [2.05, 4.69) is 68.1 Å². The Kier molecular flexibility index (Phi) is 33.8. The van der Waals surface area contributed by atoms with E-state index in [-0.39, 0.29) is 61.7 Å². The Hall–Kier alpha value is -10.2. The molecule has 3 heterocycles. The zero-order chi connectivity index (χ0) is 78.7. The number of amides is 10. The highest BCUT2D eigenvalue weighted by Crippen LogP contribution is 2.25. The summed E-state index contributed by atoms with van der Waals surface area (Å²) in [5, 5.41) is 64.9. The highest BCUT2D eigenvalue weighted by molar-refractivity contribution is 8.76. The second-order valence-corrected chi connectivity index (χ2v) is 28.9. The van der Waals surface area contributed by atoms with Crippen molar-refractivity contribution < 1.29 is 95.9 Å². The molecule has 1 aliphatic heterocycles. The van der Waals surface area contributed by atoms with Crippen LogP contribution in [0.5, 0.6) is 5.75 Å². The highest BCUT2D eigenvalue weighted by Gasteiger charge is 2.41. The summed E-state index contributed by atoms with van der Waals surface area (Å²) in [4.78, 5) is 188. The second-order valence-electron chi connectivity index (χ2n) is 26.4. The van der Waals surface area contributed by atoms with Crippen molar-refractivity contribution in [1.29, 1.82) is 0 Å². The Balaban J connectivity index is 0.00000273. The van der Waals surface area contributed by atoms with E-state index >= 15 is 0 Å². The lowest BCUT2D eigenvalue weighted by molar-refractivity contribution is -0.192. The van der Waals surface area contributed by atoms with E-state index in [4.69, 9.17) is 15.6 Å². The summed E-state index contributed by atoms with van der Waals surface area (Å²) in [6.45, 7) is 13.6. The fourth-order valence-electron chi connectivity index (χ4n) is 10.8. The standard InChI is InChI=1S/C68H92N14O15S2.C2HF3O2/c1-9-37(7)56(66(94)78-52(68(96)97)27-41-30-71-46-19-15-14-18-44(41)46)82-67(95)57(38(8)10-2)81-63(91)51(29-54(84)85)76-59(87)47(24-35(3)4)73-62(90)50(28-42-31-70-34-72-42)75-64(92)53-33-99-98-32-45(69)58(86)80-55(36(5)6)65(93)77-49(26-40-20-22-43(83)23-21-40)60(88)74-48(61(89)79-53)25-39-16-12-11-13-17-39;3-2(4,5)1(6)7/h11-23,30-31,34-38,45,47-53,55-57,71,83H,9-10,24-29,32-33,69H2,1-8H3,(H,70,72)(H,73,90)(H,74,88)(H,75,92)(H,76,87)(H,77,93)(H,78,94)(H,79,89)(H,80,86)(H,81,91)(H,82,95)(H,84,85)(H,96,97);(H,6,7)/t37-,38-,45-,47-,48?,49-,50-,51-,52-,53?,55-,56-,57-;/m0./s1. The fourth-order valence-corrected chi connectivity index (χ4v) is 13.1. The Morgan fingerprint density at radius 1 is 0.594 bits per heavy atom. The van der Waals surface area contributed by atoms with E-state index in [1.165, 1.54) is 24.7 Å². The third-order valence-electron chi connectivity index (χ3n) is 17.2. The molecule has 106 heavy (non-hydrogen) atoms. The van der Waals surface area contributed by atoms with Gasteiger partial charge in [0.2, 0.25) is 59.1 Å². The molecule has 31 nitrogen and oxygen atoms in total. The predicted molar refractivity (Wildman–Crippen MR) is 385 cm³/mol. The van der Waals surface area contributed by atoms with Crippen LogP contribution in [0.25, 0.3) is 10.9 Å². The number of phenols is 1. The number of aromatic hydroxyl groups is 1. The number of phenolic OH excluding ortho intramolecular Hbond substituents is 1. The van der Waals surface area contributed by atoms with Crippen molar-refractivity contribution in [1.82, 2.24) is 68.1 Å². The van der Waals surface area contributed by atoms with E-state index in [1.54, 1.807) is 110 Å². The van der Waals surface area contributed by atoms with E-state index in [0.29, 0.717) is 28.8 Å². The van der Waals surface area contributed by atoms with Gasteiger partial charge in [-0.1, -0.05) is 150 Å². The molecular weight excluding hydrogens is 1430 g/mol. The molecule has 10 amide bonds. The zero-order valence-electron chi connectivity index (χ0n) is 59.5. The number of carboxylic acid groups (broad SMARTS) is 3. The molecule has 13 atom stereocenters. The minimum Gasteiger partial charge on any atom is -0.508 e. The highest BCUT2D eigenvalue weighted by atomic mass is 33.1. The van der Waals surface area contributed by atoms with Crippen LogP contribution in [0.1, 0.15) is 103 Å². The van der Waals surface area contributed by atoms with Gasteiger partial charge in [0.25, 0.3) is 0 Å². The van der Waals surface area contributed by atoms with Gasteiger partial charge in [-0.15, -0.1) is 0 Å². The first kappa shape index (κ1) is 86.4. The van der Waals surface area contributed by atoms with Gasteiger partial charge in [0.1, 0.15) is 66.2 Å². The topological polar surface area (TPSA) is 494 Å². The van der Waals surface area contributed by atoms with Crippen LogP contribution in [0.15, 0.2) is 97.6 Å². The van der Waals surface area contributed by atoms with Crippen LogP contribution >= 0.6 is 21.6 Å². The van der Waals surface area contributed by atoms with E-state index < -0.39 is 174 Å². The van der Waals surface area contributed by atoms with Crippen LogP contribution < -0.4 is 58.9 Å². The third kappa shape index (κ3) is 27.4. The molecule has 36 heteroatoms. The van der Waals surface area contributed by atoms with Crippen molar-refractivity contribution in [2.24, 2.45) is 29.4 Å². The number of para-hydroxylation sites is 1. The van der Waals surface area contributed by atoms with Gasteiger partial charge in [0.15, 0.2) is 0 Å². The maximum absolute atomic E-state index is 14.9. The average Bonchev–Trinajstić information content (AvgIpc) is 1.59. The van der Waals surface area contributed by atoms with Gasteiger partial charge in [-0.2, -0.15) is 13.2 Å². The van der Waals surface area contributed by atoms with Gasteiger partial charge in [-0.25, -0.2) is 14.6 Å². The molecule has 0 bridgehead atoms. The summed E-state index contributed by atoms with van der Waals surface area (Å²) in [5.41, 5.74) is 9.17. The number of nitrogens with two attached hydrogens (primary N) is 1. The number of benzene rings is 3. The molecule has 6 rings (SSSR count). The number of hydrogen-bond donors (Lipinski definition) is 17. The SMILES string of the molecule is CC[C@H](C)[C@H](NC(=O)[C@H](CC(=O)O)NC(=O)[C@H](CC(C)C)NC(=O)[C@H](Cc1cnc[nH]1)NC(=O)C1CSSC[C@H](N)C(=O)N[C@@H](C(C)C)C(=O)N[C@@H](Cc2ccc(O)cc2)C(=O)NC(Cc2ccccc2)C(=O)N1)C(=O)N[C@H](C(=O)N[C@@H](Cc1c[nH]c2ccccc12)C(=O)O)[C@@H](C)CC.O=C(O)C(F)(F)F. The van der Waals surface area contributed by atoms with Crippen LogP contribution in [0, 0.1) is 23.7 Å². The van der Waals surface area contributed by atoms with E-state index in [0.717, 1.165) is 32.5 Å². The van der Waals surface area contributed by atoms with Gasteiger partial charge >= 0.3 is 24.1 Å². The number of aliphatic carboxylic acids is 3.